The Morgan fingerprint density at radius 2 is 1.90 bits per heavy atom. The third-order valence-corrected chi connectivity index (χ3v) is 3.08. The first-order chi connectivity index (χ1) is 9.81. The number of halogens is 1. The van der Waals surface area contributed by atoms with E-state index < -0.39 is 0 Å². The lowest BCUT2D eigenvalue weighted by Crippen LogP contribution is -1.99. The van der Waals surface area contributed by atoms with Crippen LogP contribution in [0.2, 0.25) is 0 Å². The molecule has 0 aliphatic heterocycles. The molecule has 0 saturated heterocycles. The molecule has 0 aliphatic carbocycles. The van der Waals surface area contributed by atoms with Crippen molar-refractivity contribution in [2.75, 3.05) is 5.32 Å². The van der Waals surface area contributed by atoms with Gasteiger partial charge in [0.1, 0.15) is 5.82 Å². The molecule has 100 valence electrons. The standard InChI is InChI=1S/C16H14FN3/c17-14-6-4-12(5-7-14)11-18-15-3-1-2-13(10-15)16-8-9-19-20-16/h1-10,18H,11H2,(H,19,20). The SMILES string of the molecule is Fc1ccc(CNc2cccc(-c3ccn[nH]3)c2)cc1. The fraction of sp³-hybridized carbons (Fsp3) is 0.0625. The Morgan fingerprint density at radius 3 is 2.65 bits per heavy atom. The third kappa shape index (κ3) is 2.85. The number of nitrogens with zero attached hydrogens (tertiary/aromatic N) is 1. The van der Waals surface area contributed by atoms with Crippen molar-refractivity contribution >= 4 is 5.69 Å². The number of anilines is 1. The first kappa shape index (κ1) is 12.4. The van der Waals surface area contributed by atoms with Crippen LogP contribution in [0.5, 0.6) is 0 Å². The normalized spacial score (nSPS) is 10.4. The van der Waals surface area contributed by atoms with Crippen LogP contribution in [0.3, 0.4) is 0 Å². The molecule has 0 amide bonds. The Morgan fingerprint density at radius 1 is 1.05 bits per heavy atom. The lowest BCUT2D eigenvalue weighted by atomic mass is 10.1. The minimum atomic E-state index is -0.213. The lowest BCUT2D eigenvalue weighted by Gasteiger charge is -2.08. The summed E-state index contributed by atoms with van der Waals surface area (Å²) < 4.78 is 12.8. The number of aromatic amines is 1. The van der Waals surface area contributed by atoms with Gasteiger partial charge in [0, 0.05) is 24.0 Å². The van der Waals surface area contributed by atoms with Crippen molar-refractivity contribution in [1.29, 1.82) is 0 Å². The second-order valence-corrected chi connectivity index (χ2v) is 4.53. The molecule has 0 fully saturated rings. The zero-order valence-electron chi connectivity index (χ0n) is 10.8. The van der Waals surface area contributed by atoms with Crippen LogP contribution < -0.4 is 5.32 Å². The van der Waals surface area contributed by atoms with Crippen LogP contribution in [-0.4, -0.2) is 10.2 Å². The van der Waals surface area contributed by atoms with Gasteiger partial charge in [-0.25, -0.2) is 4.39 Å². The smallest absolute Gasteiger partial charge is 0.123 e. The predicted octanol–water partition coefficient (Wildman–Crippen LogP) is 3.83. The summed E-state index contributed by atoms with van der Waals surface area (Å²) in [6.45, 7) is 0.659. The topological polar surface area (TPSA) is 40.7 Å². The van der Waals surface area contributed by atoms with Crippen molar-refractivity contribution < 1.29 is 4.39 Å². The maximum atomic E-state index is 12.8. The largest absolute Gasteiger partial charge is 0.381 e. The minimum absolute atomic E-state index is 0.213. The summed E-state index contributed by atoms with van der Waals surface area (Å²) in [6, 6.07) is 16.5. The van der Waals surface area contributed by atoms with E-state index in [1.165, 1.54) is 12.1 Å². The first-order valence-electron chi connectivity index (χ1n) is 6.39. The Kier molecular flexibility index (Phi) is 3.46. The van der Waals surface area contributed by atoms with Gasteiger partial charge in [0.25, 0.3) is 0 Å². The summed E-state index contributed by atoms with van der Waals surface area (Å²) in [7, 11) is 0. The molecule has 1 heterocycles. The number of H-pyrrole nitrogens is 1. The average molecular weight is 267 g/mol. The maximum Gasteiger partial charge on any atom is 0.123 e. The van der Waals surface area contributed by atoms with E-state index >= 15 is 0 Å². The van der Waals surface area contributed by atoms with E-state index in [0.717, 1.165) is 22.5 Å². The van der Waals surface area contributed by atoms with Crippen molar-refractivity contribution in [2.45, 2.75) is 6.54 Å². The Bertz CT molecular complexity index is 675. The molecule has 3 nitrogen and oxygen atoms in total. The van der Waals surface area contributed by atoms with Crippen LogP contribution >= 0.6 is 0 Å². The Labute approximate surface area is 116 Å². The molecule has 0 bridgehead atoms. The molecule has 3 aromatic rings. The van der Waals surface area contributed by atoms with Crippen molar-refractivity contribution in [3.05, 3.63) is 72.2 Å². The number of nitrogens with one attached hydrogen (secondary N) is 2. The summed E-state index contributed by atoms with van der Waals surface area (Å²) in [5.74, 6) is -0.213. The maximum absolute atomic E-state index is 12.8. The molecule has 2 N–H and O–H groups in total. The number of benzene rings is 2. The van der Waals surface area contributed by atoms with Crippen molar-refractivity contribution in [3.63, 3.8) is 0 Å². The van der Waals surface area contributed by atoms with E-state index in [-0.39, 0.29) is 5.82 Å². The van der Waals surface area contributed by atoms with E-state index in [2.05, 4.69) is 21.6 Å². The number of aromatic nitrogens is 2. The Hall–Kier alpha value is -2.62. The monoisotopic (exact) mass is 267 g/mol. The zero-order valence-corrected chi connectivity index (χ0v) is 10.8. The van der Waals surface area contributed by atoms with Crippen molar-refractivity contribution in [1.82, 2.24) is 10.2 Å². The molecule has 4 heteroatoms. The van der Waals surface area contributed by atoms with Crippen LogP contribution in [0.15, 0.2) is 60.8 Å². The van der Waals surface area contributed by atoms with E-state index in [9.17, 15) is 4.39 Å². The van der Waals surface area contributed by atoms with Gasteiger partial charge in [0.05, 0.1) is 5.69 Å². The first-order valence-corrected chi connectivity index (χ1v) is 6.39. The molecule has 0 saturated carbocycles. The highest BCUT2D eigenvalue weighted by molar-refractivity contribution is 5.64. The highest BCUT2D eigenvalue weighted by Gasteiger charge is 2.00. The predicted molar refractivity (Wildman–Crippen MR) is 77.8 cm³/mol. The van der Waals surface area contributed by atoms with Crippen LogP contribution in [0.1, 0.15) is 5.56 Å². The molecule has 2 aromatic carbocycles. The van der Waals surface area contributed by atoms with Gasteiger partial charge in [-0.2, -0.15) is 5.10 Å². The fourth-order valence-corrected chi connectivity index (χ4v) is 2.02. The zero-order chi connectivity index (χ0) is 13.8. The molecule has 0 unspecified atom stereocenters. The molecule has 0 atom stereocenters. The molecule has 0 spiro atoms. The molecular formula is C16H14FN3. The molecule has 20 heavy (non-hydrogen) atoms. The van der Waals surface area contributed by atoms with E-state index in [1.807, 2.05) is 24.3 Å². The van der Waals surface area contributed by atoms with Gasteiger partial charge >= 0.3 is 0 Å². The summed E-state index contributed by atoms with van der Waals surface area (Å²) in [5.41, 5.74) is 4.11. The second kappa shape index (κ2) is 5.57. The van der Waals surface area contributed by atoms with E-state index in [1.54, 1.807) is 18.3 Å². The molecule has 3 rings (SSSR count). The molecule has 1 aromatic heterocycles. The summed E-state index contributed by atoms with van der Waals surface area (Å²) in [5, 5.41) is 10.2. The summed E-state index contributed by atoms with van der Waals surface area (Å²) >= 11 is 0. The molecular weight excluding hydrogens is 253 g/mol. The fourth-order valence-electron chi connectivity index (χ4n) is 2.02. The second-order valence-electron chi connectivity index (χ2n) is 4.53. The van der Waals surface area contributed by atoms with Gasteiger partial charge in [-0.15, -0.1) is 0 Å². The van der Waals surface area contributed by atoms with E-state index in [0.29, 0.717) is 6.54 Å². The number of hydrogen-bond acceptors (Lipinski definition) is 2. The third-order valence-electron chi connectivity index (χ3n) is 3.08. The highest BCUT2D eigenvalue weighted by Crippen LogP contribution is 2.20. The van der Waals surface area contributed by atoms with Gasteiger partial charge in [-0.3, -0.25) is 5.10 Å². The van der Waals surface area contributed by atoms with Gasteiger partial charge < -0.3 is 5.32 Å². The summed E-state index contributed by atoms with van der Waals surface area (Å²) in [6.07, 6.45) is 1.73. The number of hydrogen-bond donors (Lipinski definition) is 2. The highest BCUT2D eigenvalue weighted by atomic mass is 19.1. The lowest BCUT2D eigenvalue weighted by molar-refractivity contribution is 0.627. The van der Waals surface area contributed by atoms with Crippen molar-refractivity contribution in [2.24, 2.45) is 0 Å². The minimum Gasteiger partial charge on any atom is -0.381 e. The Balaban J connectivity index is 1.72. The summed E-state index contributed by atoms with van der Waals surface area (Å²) in [4.78, 5) is 0. The quantitative estimate of drug-likeness (QED) is 0.754. The molecule has 0 radical (unpaired) electrons. The molecule has 0 aliphatic rings. The van der Waals surface area contributed by atoms with Crippen LogP contribution in [0.4, 0.5) is 10.1 Å². The van der Waals surface area contributed by atoms with E-state index in [4.69, 9.17) is 0 Å². The number of rotatable bonds is 4. The van der Waals surface area contributed by atoms with Gasteiger partial charge in [0.2, 0.25) is 0 Å². The van der Waals surface area contributed by atoms with Crippen molar-refractivity contribution in [3.8, 4) is 11.3 Å². The van der Waals surface area contributed by atoms with Gasteiger partial charge in [-0.05, 0) is 35.9 Å². The van der Waals surface area contributed by atoms with Crippen LogP contribution in [0.25, 0.3) is 11.3 Å². The van der Waals surface area contributed by atoms with Gasteiger partial charge in [0.15, 0.2) is 0 Å². The van der Waals surface area contributed by atoms with Crippen LogP contribution in [-0.2, 0) is 6.54 Å². The van der Waals surface area contributed by atoms with Gasteiger partial charge in [-0.1, -0.05) is 24.3 Å². The van der Waals surface area contributed by atoms with Crippen LogP contribution in [0, 0.1) is 5.82 Å². The average Bonchev–Trinajstić information content (AvgIpc) is 3.01.